The lowest BCUT2D eigenvalue weighted by Crippen LogP contribution is -2.41. The van der Waals surface area contributed by atoms with Crippen LogP contribution in [0.3, 0.4) is 0 Å². The predicted octanol–water partition coefficient (Wildman–Crippen LogP) is 3.37. The van der Waals surface area contributed by atoms with Crippen LogP contribution < -0.4 is 10.5 Å². The van der Waals surface area contributed by atoms with Gasteiger partial charge in [-0.2, -0.15) is 0 Å². The largest absolute Gasteiger partial charge is 0.492 e. The number of piperidine rings is 1. The Balaban J connectivity index is 1.27. The Morgan fingerprint density at radius 3 is 2.78 bits per heavy atom. The number of benzene rings is 2. The number of sulfonamides is 1. The fourth-order valence-corrected chi connectivity index (χ4v) is 5.74. The minimum absolute atomic E-state index is 0.0676. The van der Waals surface area contributed by atoms with Gasteiger partial charge in [0, 0.05) is 36.3 Å². The highest BCUT2D eigenvalue weighted by molar-refractivity contribution is 7.89. The normalized spacial score (nSPS) is 18.8. The standard InChI is InChI=1S/C26H25FN4O4S/c27-21-8-6-18(7-9-21)22-13-19(10-11-29-22)26(32)31-12-2-3-17(14-31)15-35-23-5-1-4-20-16-36(33,34)30-25(28)24(20)23/h1,4-11,13,17H,2-3,12,14-16H2,(H2,28,30)/t17-/m0/s1. The molecule has 10 heteroatoms. The van der Waals surface area contributed by atoms with Crippen LogP contribution in [0.15, 0.2) is 65.2 Å². The second kappa shape index (κ2) is 9.69. The lowest BCUT2D eigenvalue weighted by Gasteiger charge is -2.33. The molecule has 0 unspecified atom stereocenters. The third-order valence-electron chi connectivity index (χ3n) is 6.37. The zero-order valence-electron chi connectivity index (χ0n) is 19.4. The molecule has 1 saturated heterocycles. The van der Waals surface area contributed by atoms with Gasteiger partial charge in [-0.05, 0) is 60.9 Å². The number of rotatable bonds is 5. The summed E-state index contributed by atoms with van der Waals surface area (Å²) in [6, 6.07) is 14.6. The van der Waals surface area contributed by atoms with Crippen molar-refractivity contribution in [3.8, 4) is 17.0 Å². The molecule has 0 radical (unpaired) electrons. The first-order chi connectivity index (χ1) is 17.3. The number of halogens is 1. The maximum Gasteiger partial charge on any atom is 0.259 e. The zero-order chi connectivity index (χ0) is 25.3. The maximum atomic E-state index is 13.3. The van der Waals surface area contributed by atoms with Crippen molar-refractivity contribution < 1.29 is 22.3 Å². The van der Waals surface area contributed by atoms with Gasteiger partial charge < -0.3 is 15.4 Å². The molecule has 1 aromatic heterocycles. The molecule has 0 saturated carbocycles. The number of pyridine rings is 1. The summed E-state index contributed by atoms with van der Waals surface area (Å²) in [6.45, 7) is 1.53. The molecule has 0 aliphatic carbocycles. The molecule has 2 aliphatic rings. The monoisotopic (exact) mass is 508 g/mol. The predicted molar refractivity (Wildman–Crippen MR) is 134 cm³/mol. The summed E-state index contributed by atoms with van der Waals surface area (Å²) in [4.78, 5) is 19.4. The number of amides is 1. The average molecular weight is 509 g/mol. The molecular weight excluding hydrogens is 483 g/mol. The summed E-state index contributed by atoms with van der Waals surface area (Å²) >= 11 is 0. The molecule has 3 heterocycles. The first kappa shape index (κ1) is 23.9. The molecule has 5 rings (SSSR count). The molecule has 2 aromatic carbocycles. The summed E-state index contributed by atoms with van der Waals surface area (Å²) in [6.07, 6.45) is 3.32. The quantitative estimate of drug-likeness (QED) is 0.565. The van der Waals surface area contributed by atoms with Crippen molar-refractivity contribution in [2.45, 2.75) is 18.6 Å². The van der Waals surface area contributed by atoms with Crippen molar-refractivity contribution in [1.29, 1.82) is 0 Å². The van der Waals surface area contributed by atoms with Gasteiger partial charge in [-0.15, -0.1) is 4.40 Å². The van der Waals surface area contributed by atoms with E-state index in [2.05, 4.69) is 9.38 Å². The van der Waals surface area contributed by atoms with Crippen LogP contribution in [-0.2, 0) is 15.8 Å². The first-order valence-electron chi connectivity index (χ1n) is 11.6. The van der Waals surface area contributed by atoms with Crippen LogP contribution >= 0.6 is 0 Å². The van der Waals surface area contributed by atoms with Crippen LogP contribution in [0, 0.1) is 11.7 Å². The van der Waals surface area contributed by atoms with E-state index in [1.807, 2.05) is 4.90 Å². The van der Waals surface area contributed by atoms with Gasteiger partial charge in [0.05, 0.1) is 23.6 Å². The minimum Gasteiger partial charge on any atom is -0.492 e. The van der Waals surface area contributed by atoms with E-state index in [1.165, 1.54) is 12.1 Å². The van der Waals surface area contributed by atoms with Crippen molar-refractivity contribution >= 4 is 21.8 Å². The van der Waals surface area contributed by atoms with Gasteiger partial charge in [0.2, 0.25) is 0 Å². The molecule has 0 bridgehead atoms. The van der Waals surface area contributed by atoms with Crippen LogP contribution in [0.2, 0.25) is 0 Å². The summed E-state index contributed by atoms with van der Waals surface area (Å²) in [5, 5.41) is 0. The summed E-state index contributed by atoms with van der Waals surface area (Å²) in [5.41, 5.74) is 8.87. The smallest absolute Gasteiger partial charge is 0.259 e. The second-order valence-corrected chi connectivity index (χ2v) is 10.6. The van der Waals surface area contributed by atoms with E-state index < -0.39 is 10.0 Å². The Bertz CT molecular complexity index is 1440. The van der Waals surface area contributed by atoms with E-state index in [0.29, 0.717) is 47.8 Å². The Kier molecular flexibility index (Phi) is 6.44. The average Bonchev–Trinajstić information content (AvgIpc) is 2.87. The number of ether oxygens (including phenoxy) is 1. The zero-order valence-corrected chi connectivity index (χ0v) is 20.2. The highest BCUT2D eigenvalue weighted by Gasteiger charge is 2.28. The number of likely N-dealkylation sites (tertiary alicyclic amines) is 1. The van der Waals surface area contributed by atoms with E-state index >= 15 is 0 Å². The van der Waals surface area contributed by atoms with Crippen molar-refractivity contribution in [1.82, 2.24) is 9.88 Å². The van der Waals surface area contributed by atoms with Crippen molar-refractivity contribution in [3.05, 3.63) is 83.3 Å². The summed E-state index contributed by atoms with van der Waals surface area (Å²) in [5.74, 6) is -0.111. The molecule has 3 aromatic rings. The number of nitrogens with zero attached hydrogens (tertiary/aromatic N) is 3. The van der Waals surface area contributed by atoms with E-state index in [9.17, 15) is 17.6 Å². The number of hydrogen-bond acceptors (Lipinski definition) is 6. The van der Waals surface area contributed by atoms with E-state index in [4.69, 9.17) is 10.5 Å². The van der Waals surface area contributed by atoms with Crippen LogP contribution in [0.5, 0.6) is 5.75 Å². The molecule has 1 atom stereocenters. The Morgan fingerprint density at radius 2 is 1.97 bits per heavy atom. The Hall–Kier alpha value is -3.79. The summed E-state index contributed by atoms with van der Waals surface area (Å²) < 4.78 is 46.8. The van der Waals surface area contributed by atoms with Crippen LogP contribution in [0.1, 0.15) is 34.3 Å². The Morgan fingerprint density at radius 1 is 1.17 bits per heavy atom. The molecule has 1 fully saturated rings. The third kappa shape index (κ3) is 5.08. The van der Waals surface area contributed by atoms with Crippen LogP contribution in [0.25, 0.3) is 11.3 Å². The van der Waals surface area contributed by atoms with Gasteiger partial charge in [-0.1, -0.05) is 12.1 Å². The number of fused-ring (bicyclic) bond motifs is 1. The first-order valence-corrected chi connectivity index (χ1v) is 13.2. The topological polar surface area (TPSA) is 115 Å². The molecule has 2 N–H and O–H groups in total. The highest BCUT2D eigenvalue weighted by Crippen LogP contribution is 2.29. The lowest BCUT2D eigenvalue weighted by molar-refractivity contribution is 0.0633. The molecule has 2 aliphatic heterocycles. The number of hydrogen-bond donors (Lipinski definition) is 1. The SMILES string of the molecule is NC1=NS(=O)(=O)Cc2cccc(OC[C@H]3CCCN(C(=O)c4ccnc(-c5ccc(F)cc5)c4)C3)c21. The van der Waals surface area contributed by atoms with Gasteiger partial charge >= 0.3 is 0 Å². The van der Waals surface area contributed by atoms with Crippen LogP contribution in [-0.4, -0.2) is 49.7 Å². The number of aromatic nitrogens is 1. The number of nitrogens with two attached hydrogens (primary N) is 1. The van der Waals surface area contributed by atoms with Crippen molar-refractivity contribution in [2.75, 3.05) is 19.7 Å². The van der Waals surface area contributed by atoms with Gasteiger partial charge in [-0.25, -0.2) is 12.8 Å². The van der Waals surface area contributed by atoms with Gasteiger partial charge in [0.15, 0.2) is 0 Å². The minimum atomic E-state index is -3.62. The fraction of sp³-hybridized carbons (Fsp3) is 0.269. The number of carbonyl (C=O) groups is 1. The second-order valence-electron chi connectivity index (χ2n) is 9.00. The van der Waals surface area contributed by atoms with Gasteiger partial charge in [0.1, 0.15) is 17.4 Å². The molecule has 0 spiro atoms. The maximum absolute atomic E-state index is 13.3. The number of carbonyl (C=O) groups excluding carboxylic acids is 1. The summed E-state index contributed by atoms with van der Waals surface area (Å²) in [7, 11) is -3.62. The van der Waals surface area contributed by atoms with Crippen LogP contribution in [0.4, 0.5) is 4.39 Å². The molecule has 8 nitrogen and oxygen atoms in total. The van der Waals surface area contributed by atoms with Gasteiger partial charge in [-0.3, -0.25) is 9.78 Å². The molecule has 186 valence electrons. The van der Waals surface area contributed by atoms with E-state index in [-0.39, 0.29) is 29.2 Å². The number of amidine groups is 1. The molecule has 36 heavy (non-hydrogen) atoms. The lowest BCUT2D eigenvalue weighted by atomic mass is 9.98. The fourth-order valence-electron chi connectivity index (χ4n) is 4.65. The highest BCUT2D eigenvalue weighted by atomic mass is 32.2. The van der Waals surface area contributed by atoms with Crippen molar-refractivity contribution in [3.63, 3.8) is 0 Å². The van der Waals surface area contributed by atoms with E-state index in [0.717, 1.165) is 18.4 Å². The molecule has 1 amide bonds. The third-order valence-corrected chi connectivity index (χ3v) is 7.52. The van der Waals surface area contributed by atoms with Gasteiger partial charge in [0.25, 0.3) is 15.9 Å². The Labute approximate surface area is 208 Å². The van der Waals surface area contributed by atoms with Crippen molar-refractivity contribution in [2.24, 2.45) is 16.0 Å². The van der Waals surface area contributed by atoms with E-state index in [1.54, 1.807) is 48.7 Å². The molecular formula is C26H25FN4O4S.